The van der Waals surface area contributed by atoms with Gasteiger partial charge in [0.25, 0.3) is 12.2 Å². The monoisotopic (exact) mass is 374 g/mol. The van der Waals surface area contributed by atoms with E-state index in [-0.39, 0.29) is 24.0 Å². The first-order valence-electron chi connectivity index (χ1n) is 8.29. The van der Waals surface area contributed by atoms with Crippen molar-refractivity contribution in [1.82, 2.24) is 0 Å². The predicted octanol–water partition coefficient (Wildman–Crippen LogP) is 6.60. The van der Waals surface area contributed by atoms with Gasteiger partial charge in [0.1, 0.15) is 24.7 Å². The van der Waals surface area contributed by atoms with Gasteiger partial charge in [0.15, 0.2) is 0 Å². The molecule has 0 fully saturated rings. The zero-order valence-corrected chi connectivity index (χ0v) is 16.1. The van der Waals surface area contributed by atoms with E-state index in [2.05, 4.69) is 0 Å². The second-order valence-corrected chi connectivity index (χ2v) is 7.95. The second-order valence-electron chi connectivity index (χ2n) is 7.95. The minimum atomic E-state index is -1.81. The van der Waals surface area contributed by atoms with Gasteiger partial charge in [0.05, 0.1) is 0 Å². The Morgan fingerprint density at radius 1 is 0.731 bits per heavy atom. The van der Waals surface area contributed by atoms with Gasteiger partial charge in [-0.25, -0.2) is 0 Å². The molecule has 0 atom stereocenters. The number of ether oxygens (including phenoxy) is 2. The summed E-state index contributed by atoms with van der Waals surface area (Å²) in [6.45, 7) is 11.2. The number of hydrogen-bond acceptors (Lipinski definition) is 2. The number of halogens is 4. The highest BCUT2D eigenvalue weighted by Gasteiger charge is 2.26. The minimum Gasteiger partial charge on any atom is -0.489 e. The maximum Gasteiger partial charge on any atom is 0.269 e. The van der Waals surface area contributed by atoms with Gasteiger partial charge in [-0.1, -0.05) is 41.5 Å². The Balaban J connectivity index is 3.40. The zero-order chi connectivity index (χ0) is 20.1. The van der Waals surface area contributed by atoms with Crippen LogP contribution in [0.2, 0.25) is 0 Å². The van der Waals surface area contributed by atoms with E-state index in [0.29, 0.717) is 23.7 Å². The number of hydrogen-bond donors (Lipinski definition) is 0. The van der Waals surface area contributed by atoms with Crippen LogP contribution in [0.5, 0.6) is 11.5 Å². The highest BCUT2D eigenvalue weighted by molar-refractivity contribution is 5.51. The molecule has 0 heterocycles. The number of rotatable bonds is 6. The van der Waals surface area contributed by atoms with Crippen LogP contribution in [-0.4, -0.2) is 13.2 Å². The molecular weight excluding hydrogens is 348 g/mol. The summed E-state index contributed by atoms with van der Waals surface area (Å²) in [6.07, 6.45) is -2.22. The molecule has 0 spiro atoms. The third kappa shape index (κ3) is 6.73. The first kappa shape index (κ1) is 22.1. The van der Waals surface area contributed by atoms with Gasteiger partial charge in [0.2, 0.25) is 0 Å². The van der Waals surface area contributed by atoms with Crippen molar-refractivity contribution in [3.8, 4) is 11.5 Å². The van der Waals surface area contributed by atoms with E-state index in [9.17, 15) is 17.6 Å². The second kappa shape index (κ2) is 8.60. The smallest absolute Gasteiger partial charge is 0.269 e. The van der Waals surface area contributed by atoms with Gasteiger partial charge in [-0.2, -0.15) is 17.6 Å². The summed E-state index contributed by atoms with van der Waals surface area (Å²) in [5.41, 5.74) is 0.780. The van der Waals surface area contributed by atoms with Crippen molar-refractivity contribution in [2.75, 3.05) is 13.2 Å². The van der Waals surface area contributed by atoms with E-state index in [1.165, 1.54) is 0 Å². The summed E-state index contributed by atoms with van der Waals surface area (Å²) in [6, 6.07) is 3.49. The highest BCUT2D eigenvalue weighted by atomic mass is 19.3. The first-order chi connectivity index (χ1) is 11.8. The van der Waals surface area contributed by atoms with Crippen LogP contribution in [0.3, 0.4) is 0 Å². The van der Waals surface area contributed by atoms with Crippen molar-refractivity contribution in [3.05, 3.63) is 47.6 Å². The van der Waals surface area contributed by atoms with E-state index in [4.69, 9.17) is 9.47 Å². The fourth-order valence-corrected chi connectivity index (χ4v) is 2.36. The quantitative estimate of drug-likeness (QED) is 0.522. The van der Waals surface area contributed by atoms with Crippen LogP contribution in [-0.2, 0) is 10.8 Å². The molecule has 0 aromatic heterocycles. The average molecular weight is 374 g/mol. The summed E-state index contributed by atoms with van der Waals surface area (Å²) >= 11 is 0. The molecular formula is C20H26F4O2. The van der Waals surface area contributed by atoms with Crippen molar-refractivity contribution in [2.24, 2.45) is 0 Å². The molecule has 0 N–H and O–H groups in total. The van der Waals surface area contributed by atoms with Gasteiger partial charge >= 0.3 is 0 Å². The number of benzene rings is 1. The molecule has 1 rings (SSSR count). The topological polar surface area (TPSA) is 18.5 Å². The third-order valence-electron chi connectivity index (χ3n) is 3.65. The van der Waals surface area contributed by atoms with Crippen LogP contribution in [0.4, 0.5) is 17.6 Å². The molecule has 0 aliphatic rings. The standard InChI is InChI=1S/C20H26F4O2/c1-19(2,3)13-11-16(26-10-8-18(23)24)14(20(4,5)6)12-15(13)25-9-7-17(21)22/h7-8,11-12H,9-10H2,1-6H3. The summed E-state index contributed by atoms with van der Waals surface area (Å²) in [7, 11) is 0. The minimum absolute atomic E-state index is 0.259. The Bertz CT molecular complexity index is 613. The van der Waals surface area contributed by atoms with E-state index < -0.39 is 12.2 Å². The van der Waals surface area contributed by atoms with Crippen molar-refractivity contribution in [2.45, 2.75) is 52.4 Å². The summed E-state index contributed by atoms with van der Waals surface area (Å²) < 4.78 is 60.3. The van der Waals surface area contributed by atoms with Gasteiger partial charge in [-0.15, -0.1) is 0 Å². The van der Waals surface area contributed by atoms with Crippen LogP contribution >= 0.6 is 0 Å². The van der Waals surface area contributed by atoms with Crippen molar-refractivity contribution in [3.63, 3.8) is 0 Å². The summed E-state index contributed by atoms with van der Waals surface area (Å²) in [5, 5.41) is 0. The normalized spacial score (nSPS) is 11.8. The van der Waals surface area contributed by atoms with Crippen LogP contribution in [0, 0.1) is 0 Å². The lowest BCUT2D eigenvalue weighted by Gasteiger charge is -2.29. The average Bonchev–Trinajstić information content (AvgIpc) is 2.44. The Hall–Kier alpha value is -1.98. The SMILES string of the molecule is CC(C)(C)c1cc(OCC=C(F)F)c(C(C)(C)C)cc1OCC=C(F)F. The molecule has 0 unspecified atom stereocenters. The van der Waals surface area contributed by atoms with Gasteiger partial charge in [-0.3, -0.25) is 0 Å². The molecule has 0 aliphatic carbocycles. The Labute approximate surface area is 152 Å². The van der Waals surface area contributed by atoms with Gasteiger partial charge < -0.3 is 9.47 Å². The lowest BCUT2D eigenvalue weighted by Crippen LogP contribution is -2.18. The maximum atomic E-state index is 12.3. The van der Waals surface area contributed by atoms with Crippen molar-refractivity contribution in [1.29, 1.82) is 0 Å². The van der Waals surface area contributed by atoms with E-state index in [1.807, 2.05) is 41.5 Å². The molecule has 0 saturated carbocycles. The summed E-state index contributed by atoms with van der Waals surface area (Å²) in [5.74, 6) is 0.943. The largest absolute Gasteiger partial charge is 0.489 e. The fourth-order valence-electron chi connectivity index (χ4n) is 2.36. The van der Waals surface area contributed by atoms with Crippen molar-refractivity contribution >= 4 is 0 Å². The molecule has 0 amide bonds. The molecule has 0 radical (unpaired) electrons. The maximum absolute atomic E-state index is 12.3. The predicted molar refractivity (Wildman–Crippen MR) is 95.4 cm³/mol. The third-order valence-corrected chi connectivity index (χ3v) is 3.65. The lowest BCUT2D eigenvalue weighted by molar-refractivity contribution is 0.321. The highest BCUT2D eigenvalue weighted by Crippen LogP contribution is 2.41. The van der Waals surface area contributed by atoms with Crippen LogP contribution in [0.1, 0.15) is 52.7 Å². The first-order valence-corrected chi connectivity index (χ1v) is 8.29. The summed E-state index contributed by atoms with van der Waals surface area (Å²) in [4.78, 5) is 0. The Kier molecular flexibility index (Phi) is 7.30. The molecule has 26 heavy (non-hydrogen) atoms. The molecule has 6 heteroatoms. The van der Waals surface area contributed by atoms with Crippen molar-refractivity contribution < 1.29 is 27.0 Å². The Morgan fingerprint density at radius 2 is 1.04 bits per heavy atom. The van der Waals surface area contributed by atoms with E-state index >= 15 is 0 Å². The van der Waals surface area contributed by atoms with Crippen LogP contribution in [0.25, 0.3) is 0 Å². The van der Waals surface area contributed by atoms with Crippen LogP contribution < -0.4 is 9.47 Å². The molecule has 0 aliphatic heterocycles. The van der Waals surface area contributed by atoms with Gasteiger partial charge in [-0.05, 0) is 23.0 Å². The molecule has 146 valence electrons. The van der Waals surface area contributed by atoms with E-state index in [0.717, 1.165) is 11.1 Å². The molecule has 0 bridgehead atoms. The zero-order valence-electron chi connectivity index (χ0n) is 16.1. The lowest BCUT2D eigenvalue weighted by atomic mass is 9.81. The van der Waals surface area contributed by atoms with Crippen LogP contribution in [0.15, 0.2) is 36.4 Å². The fraction of sp³-hybridized carbons (Fsp3) is 0.500. The van der Waals surface area contributed by atoms with E-state index in [1.54, 1.807) is 12.1 Å². The van der Waals surface area contributed by atoms with Gasteiger partial charge in [0, 0.05) is 23.3 Å². The molecule has 0 saturated heterocycles. The Morgan fingerprint density at radius 3 is 1.27 bits per heavy atom. The molecule has 2 nitrogen and oxygen atoms in total. The molecule has 1 aromatic rings. The molecule has 1 aromatic carbocycles.